The largest absolute Gasteiger partial charge is 0.491 e. The standard InChI is InChI=1S/C22H26O4S/c1-3-15-9-17(23-11-19-13-25-19)5-7-21(15)27-22-8-6-18(10-16(22)4-2)24-12-20-14-26-20/h5-10,19-20H,3-4,11-14H2,1-2H3. The van der Waals surface area contributed by atoms with Crippen molar-refractivity contribution in [2.75, 3.05) is 26.4 Å². The van der Waals surface area contributed by atoms with Crippen molar-refractivity contribution in [1.29, 1.82) is 0 Å². The number of hydrogen-bond acceptors (Lipinski definition) is 5. The molecule has 0 bridgehead atoms. The Morgan fingerprint density at radius 3 is 1.63 bits per heavy atom. The van der Waals surface area contributed by atoms with Gasteiger partial charge in [0.1, 0.15) is 36.9 Å². The molecule has 27 heavy (non-hydrogen) atoms. The van der Waals surface area contributed by atoms with Gasteiger partial charge in [0.25, 0.3) is 0 Å². The molecule has 0 aliphatic carbocycles. The van der Waals surface area contributed by atoms with Gasteiger partial charge in [-0.3, -0.25) is 0 Å². The monoisotopic (exact) mass is 386 g/mol. The van der Waals surface area contributed by atoms with Crippen LogP contribution in [0.15, 0.2) is 46.2 Å². The molecule has 2 saturated heterocycles. The predicted octanol–water partition coefficient (Wildman–Crippen LogP) is 4.52. The number of epoxide rings is 2. The summed E-state index contributed by atoms with van der Waals surface area (Å²) >= 11 is 1.82. The van der Waals surface area contributed by atoms with Crippen LogP contribution < -0.4 is 9.47 Å². The second-order valence-electron chi connectivity index (χ2n) is 6.88. The second-order valence-corrected chi connectivity index (χ2v) is 7.96. The van der Waals surface area contributed by atoms with Gasteiger partial charge < -0.3 is 18.9 Å². The fraction of sp³-hybridized carbons (Fsp3) is 0.455. The summed E-state index contributed by atoms with van der Waals surface area (Å²) in [5.74, 6) is 1.85. The number of ether oxygens (including phenoxy) is 4. The summed E-state index contributed by atoms with van der Waals surface area (Å²) in [6.45, 7) is 7.30. The van der Waals surface area contributed by atoms with Gasteiger partial charge in [-0.2, -0.15) is 0 Å². The Bertz CT molecular complexity index is 718. The van der Waals surface area contributed by atoms with E-state index in [1.165, 1.54) is 20.9 Å². The van der Waals surface area contributed by atoms with Crippen LogP contribution in [-0.4, -0.2) is 38.6 Å². The van der Waals surface area contributed by atoms with Gasteiger partial charge >= 0.3 is 0 Å². The van der Waals surface area contributed by atoms with Crippen molar-refractivity contribution in [3.8, 4) is 11.5 Å². The quantitative estimate of drug-likeness (QED) is 0.562. The van der Waals surface area contributed by atoms with E-state index < -0.39 is 0 Å². The van der Waals surface area contributed by atoms with Crippen LogP contribution in [0.3, 0.4) is 0 Å². The molecule has 144 valence electrons. The highest BCUT2D eigenvalue weighted by Gasteiger charge is 2.24. The minimum Gasteiger partial charge on any atom is -0.491 e. The molecule has 0 saturated carbocycles. The van der Waals surface area contributed by atoms with Gasteiger partial charge in [-0.05, 0) is 60.4 Å². The van der Waals surface area contributed by atoms with Gasteiger partial charge in [0.2, 0.25) is 0 Å². The van der Waals surface area contributed by atoms with Crippen molar-refractivity contribution in [1.82, 2.24) is 0 Å². The highest BCUT2D eigenvalue weighted by atomic mass is 32.2. The Balaban J connectivity index is 1.46. The maximum Gasteiger partial charge on any atom is 0.119 e. The lowest BCUT2D eigenvalue weighted by molar-refractivity contribution is 0.262. The zero-order valence-electron chi connectivity index (χ0n) is 15.9. The number of hydrogen-bond donors (Lipinski definition) is 0. The average Bonchev–Trinajstić information content (AvgIpc) is 3.61. The lowest BCUT2D eigenvalue weighted by Crippen LogP contribution is -2.04. The van der Waals surface area contributed by atoms with Crippen molar-refractivity contribution in [3.05, 3.63) is 47.5 Å². The summed E-state index contributed by atoms with van der Waals surface area (Å²) in [5.41, 5.74) is 2.62. The zero-order chi connectivity index (χ0) is 18.6. The van der Waals surface area contributed by atoms with Crippen LogP contribution in [0.1, 0.15) is 25.0 Å². The summed E-state index contributed by atoms with van der Waals surface area (Å²) in [7, 11) is 0. The van der Waals surface area contributed by atoms with Crippen LogP contribution in [0.5, 0.6) is 11.5 Å². The fourth-order valence-electron chi connectivity index (χ4n) is 2.87. The summed E-state index contributed by atoms with van der Waals surface area (Å²) < 4.78 is 22.1. The smallest absolute Gasteiger partial charge is 0.119 e. The predicted molar refractivity (Wildman–Crippen MR) is 106 cm³/mol. The SMILES string of the molecule is CCc1cc(OCC2CO2)ccc1Sc1ccc(OCC2CO2)cc1CC. The molecule has 2 aromatic rings. The van der Waals surface area contributed by atoms with Crippen LogP contribution in [0.4, 0.5) is 0 Å². The van der Waals surface area contributed by atoms with E-state index in [9.17, 15) is 0 Å². The van der Waals surface area contributed by atoms with E-state index in [0.29, 0.717) is 13.2 Å². The molecular weight excluding hydrogens is 360 g/mol. The lowest BCUT2D eigenvalue weighted by atomic mass is 10.1. The Morgan fingerprint density at radius 2 is 1.26 bits per heavy atom. The van der Waals surface area contributed by atoms with Gasteiger partial charge in [-0.25, -0.2) is 0 Å². The third kappa shape index (κ3) is 5.18. The van der Waals surface area contributed by atoms with E-state index in [-0.39, 0.29) is 12.2 Å². The topological polar surface area (TPSA) is 43.5 Å². The summed E-state index contributed by atoms with van der Waals surface area (Å²) in [4.78, 5) is 2.56. The Morgan fingerprint density at radius 1 is 0.815 bits per heavy atom. The molecule has 2 unspecified atom stereocenters. The van der Waals surface area contributed by atoms with E-state index in [2.05, 4.69) is 50.2 Å². The molecule has 0 radical (unpaired) electrons. The summed E-state index contributed by atoms with van der Waals surface area (Å²) in [5, 5.41) is 0. The Kier molecular flexibility index (Phi) is 5.91. The summed E-state index contributed by atoms with van der Waals surface area (Å²) in [6, 6.07) is 12.8. The first-order chi connectivity index (χ1) is 13.2. The molecule has 2 aliphatic heterocycles. The number of rotatable bonds is 10. The van der Waals surface area contributed by atoms with E-state index >= 15 is 0 Å². The van der Waals surface area contributed by atoms with Gasteiger partial charge in [0, 0.05) is 9.79 Å². The highest BCUT2D eigenvalue weighted by Crippen LogP contribution is 2.36. The molecule has 2 atom stereocenters. The summed E-state index contributed by atoms with van der Waals surface area (Å²) in [6.07, 6.45) is 2.51. The van der Waals surface area contributed by atoms with E-state index in [1.54, 1.807) is 0 Å². The van der Waals surface area contributed by atoms with E-state index in [4.69, 9.17) is 18.9 Å². The van der Waals surface area contributed by atoms with Crippen molar-refractivity contribution in [2.45, 2.75) is 48.7 Å². The van der Waals surface area contributed by atoms with Crippen LogP contribution in [0.25, 0.3) is 0 Å². The molecule has 0 spiro atoms. The highest BCUT2D eigenvalue weighted by molar-refractivity contribution is 7.99. The van der Waals surface area contributed by atoms with Crippen molar-refractivity contribution >= 4 is 11.8 Å². The van der Waals surface area contributed by atoms with Gasteiger partial charge in [0.05, 0.1) is 13.2 Å². The molecule has 5 heteroatoms. The molecular formula is C22H26O4S. The third-order valence-corrected chi connectivity index (χ3v) is 5.96. The molecule has 2 aliphatic rings. The van der Waals surface area contributed by atoms with Crippen LogP contribution >= 0.6 is 11.8 Å². The number of aryl methyl sites for hydroxylation is 2. The Hall–Kier alpha value is -1.69. The van der Waals surface area contributed by atoms with Gasteiger partial charge in [0.15, 0.2) is 0 Å². The van der Waals surface area contributed by atoms with Crippen LogP contribution in [0, 0.1) is 0 Å². The molecule has 2 heterocycles. The molecule has 0 N–H and O–H groups in total. The maximum atomic E-state index is 5.83. The molecule has 4 nitrogen and oxygen atoms in total. The second kappa shape index (κ2) is 8.55. The van der Waals surface area contributed by atoms with Gasteiger partial charge in [-0.15, -0.1) is 0 Å². The molecule has 0 amide bonds. The molecule has 4 rings (SSSR count). The Labute approximate surface area is 165 Å². The third-order valence-electron chi connectivity index (χ3n) is 4.72. The van der Waals surface area contributed by atoms with Crippen molar-refractivity contribution in [3.63, 3.8) is 0 Å². The van der Waals surface area contributed by atoms with Crippen LogP contribution in [0.2, 0.25) is 0 Å². The minimum absolute atomic E-state index is 0.281. The fourth-order valence-corrected chi connectivity index (χ4v) is 4.05. The molecule has 2 fully saturated rings. The first kappa shape index (κ1) is 18.7. The van der Waals surface area contributed by atoms with E-state index in [0.717, 1.165) is 37.6 Å². The maximum absolute atomic E-state index is 5.83. The first-order valence-corrected chi connectivity index (χ1v) is 10.5. The van der Waals surface area contributed by atoms with Crippen molar-refractivity contribution < 1.29 is 18.9 Å². The normalized spacial score (nSPS) is 20.4. The van der Waals surface area contributed by atoms with Crippen molar-refractivity contribution in [2.24, 2.45) is 0 Å². The van der Waals surface area contributed by atoms with E-state index in [1.807, 2.05) is 11.8 Å². The molecule has 0 aromatic heterocycles. The first-order valence-electron chi connectivity index (χ1n) is 9.67. The van der Waals surface area contributed by atoms with Crippen LogP contribution in [-0.2, 0) is 22.3 Å². The minimum atomic E-state index is 0.281. The lowest BCUT2D eigenvalue weighted by Gasteiger charge is -2.14. The zero-order valence-corrected chi connectivity index (χ0v) is 16.7. The number of benzene rings is 2. The van der Waals surface area contributed by atoms with Gasteiger partial charge in [-0.1, -0.05) is 25.6 Å². The molecule has 2 aromatic carbocycles. The average molecular weight is 387 g/mol.